The van der Waals surface area contributed by atoms with Gasteiger partial charge in [0.25, 0.3) is 23.0 Å². The van der Waals surface area contributed by atoms with Gasteiger partial charge in [0.15, 0.2) is 5.78 Å². The first-order valence-electron chi connectivity index (χ1n) is 19.1. The first-order valence-corrected chi connectivity index (χ1v) is 20.8. The number of rotatable bonds is 11. The van der Waals surface area contributed by atoms with Gasteiger partial charge in [-0.25, -0.2) is 8.78 Å². The molecule has 6 aromatic rings. The fraction of sp³-hybridized carbons (Fsp3) is 0.104. The minimum atomic E-state index is -1.03. The quantitative estimate of drug-likeness (QED) is 0.0988. The van der Waals surface area contributed by atoms with Crippen LogP contribution in [-0.4, -0.2) is 58.0 Å². The van der Waals surface area contributed by atoms with Crippen LogP contribution in [0.15, 0.2) is 155 Å². The van der Waals surface area contributed by atoms with Crippen molar-refractivity contribution < 1.29 is 32.8 Å². The van der Waals surface area contributed by atoms with E-state index in [1.54, 1.807) is 59.1 Å². The van der Waals surface area contributed by atoms with Crippen LogP contribution in [0.4, 0.5) is 13.6 Å². The molecule has 0 aromatic heterocycles. The van der Waals surface area contributed by atoms with Crippen molar-refractivity contribution in [2.75, 3.05) is 13.1 Å². The molecule has 2 aliphatic heterocycles. The van der Waals surface area contributed by atoms with Crippen molar-refractivity contribution in [3.8, 4) is 22.3 Å². The van der Waals surface area contributed by atoms with Crippen LogP contribution in [0.25, 0.3) is 28.3 Å². The van der Waals surface area contributed by atoms with Gasteiger partial charge in [-0.05, 0) is 82.4 Å². The van der Waals surface area contributed by atoms with Crippen molar-refractivity contribution in [2.45, 2.75) is 22.6 Å². The smallest absolute Gasteiger partial charge is 0.290 e. The van der Waals surface area contributed by atoms with Crippen LogP contribution >= 0.6 is 23.5 Å². The lowest BCUT2D eigenvalue weighted by Crippen LogP contribution is -2.43. The number of benzene rings is 6. The number of imide groups is 1. The van der Waals surface area contributed by atoms with E-state index in [1.165, 1.54) is 12.1 Å². The second-order valence-corrected chi connectivity index (χ2v) is 16.5. The topological polar surface area (TPSA) is 113 Å². The number of ketones is 1. The Morgan fingerprint density at radius 2 is 1.38 bits per heavy atom. The molecular weight excluding hydrogens is 801 g/mol. The Hall–Kier alpha value is -6.63. The van der Waals surface area contributed by atoms with E-state index in [0.717, 1.165) is 51.0 Å². The lowest BCUT2D eigenvalue weighted by molar-refractivity contribution is -0.115. The number of nitrogens with one attached hydrogen (secondary N) is 2. The zero-order valence-electron chi connectivity index (χ0n) is 31.8. The molecular formula is C48H35F2N3O5S2. The summed E-state index contributed by atoms with van der Waals surface area (Å²) in [6.45, 7) is 0.354. The van der Waals surface area contributed by atoms with Crippen LogP contribution in [0.5, 0.6) is 0 Å². The Morgan fingerprint density at radius 3 is 2.00 bits per heavy atom. The van der Waals surface area contributed by atoms with E-state index >= 15 is 0 Å². The van der Waals surface area contributed by atoms with Gasteiger partial charge < -0.3 is 10.2 Å². The van der Waals surface area contributed by atoms with Crippen molar-refractivity contribution in [2.24, 2.45) is 0 Å². The van der Waals surface area contributed by atoms with Gasteiger partial charge in [0.1, 0.15) is 11.6 Å². The molecule has 298 valence electrons. The summed E-state index contributed by atoms with van der Waals surface area (Å²) >= 11 is 2.46. The highest BCUT2D eigenvalue weighted by Gasteiger charge is 2.38. The lowest BCUT2D eigenvalue weighted by Gasteiger charge is -2.26. The largest absolute Gasteiger partial charge is 0.350 e. The highest BCUT2D eigenvalue weighted by atomic mass is 32.2. The summed E-state index contributed by atoms with van der Waals surface area (Å²) in [6, 6.07) is 41.3. The molecule has 12 heteroatoms. The molecule has 8 rings (SSSR count). The first-order chi connectivity index (χ1) is 29.1. The maximum Gasteiger partial charge on any atom is 0.290 e. The second-order valence-electron chi connectivity index (χ2n) is 14.2. The number of amides is 4. The van der Waals surface area contributed by atoms with E-state index < -0.39 is 40.5 Å². The zero-order valence-corrected chi connectivity index (χ0v) is 33.4. The van der Waals surface area contributed by atoms with Crippen LogP contribution < -0.4 is 10.6 Å². The predicted octanol–water partition coefficient (Wildman–Crippen LogP) is 9.66. The fourth-order valence-corrected chi connectivity index (χ4v) is 9.57. The summed E-state index contributed by atoms with van der Waals surface area (Å²) in [4.78, 5) is 68.6. The summed E-state index contributed by atoms with van der Waals surface area (Å²) < 4.78 is 28.7. The lowest BCUT2D eigenvalue weighted by atomic mass is 9.97. The molecule has 2 fully saturated rings. The molecule has 2 aliphatic rings. The van der Waals surface area contributed by atoms with Crippen molar-refractivity contribution in [1.82, 2.24) is 15.5 Å². The van der Waals surface area contributed by atoms with Crippen LogP contribution in [0.3, 0.4) is 0 Å². The Kier molecular flexibility index (Phi) is 11.8. The van der Waals surface area contributed by atoms with Crippen molar-refractivity contribution in [1.29, 1.82) is 0 Å². The molecule has 8 nitrogen and oxygen atoms in total. The number of thioether (sulfide) groups is 2. The minimum Gasteiger partial charge on any atom is -0.350 e. The van der Waals surface area contributed by atoms with Gasteiger partial charge in [-0.15, -0.1) is 11.8 Å². The molecule has 2 heterocycles. The van der Waals surface area contributed by atoms with E-state index in [0.29, 0.717) is 23.6 Å². The molecule has 0 spiro atoms. The van der Waals surface area contributed by atoms with Crippen LogP contribution in [-0.2, 0) is 4.79 Å². The predicted molar refractivity (Wildman–Crippen MR) is 231 cm³/mol. The maximum absolute atomic E-state index is 14.9. The second kappa shape index (κ2) is 17.7. The van der Waals surface area contributed by atoms with E-state index in [9.17, 15) is 32.8 Å². The number of halogens is 2. The summed E-state index contributed by atoms with van der Waals surface area (Å²) in [7, 11) is 0. The Balaban J connectivity index is 1.10. The Morgan fingerprint density at radius 1 is 0.750 bits per heavy atom. The Bertz CT molecular complexity index is 2620. The molecule has 0 bridgehead atoms. The standard InChI is InChI=1S/C48H35F2N3O5S2/c49-33-22-23-40(41(50)25-33)43(54)38-14-7-8-15-39(38)47(57)53-28-35(59-44-36(30-10-3-1-4-11-30)16-9-17-37(44)31-12-5-2-6-13-31)26-34(53)27-51-45(55)32-20-18-29(19-21-32)24-42-46(56)52-48(58)60-42/h1-25,34-35H,26-28H2,(H,51,55)(H,52,56,58)/b42-24-/t34-,35+/m0/s1. The molecule has 0 radical (unpaired) electrons. The maximum atomic E-state index is 14.9. The van der Waals surface area contributed by atoms with Crippen molar-refractivity contribution in [3.63, 3.8) is 0 Å². The molecule has 2 atom stereocenters. The number of hydrogen-bond donors (Lipinski definition) is 2. The first kappa shape index (κ1) is 40.2. The van der Waals surface area contributed by atoms with E-state index in [1.807, 2.05) is 42.5 Å². The Labute approximate surface area is 353 Å². The van der Waals surface area contributed by atoms with Gasteiger partial charge in [0.2, 0.25) is 0 Å². The summed E-state index contributed by atoms with van der Waals surface area (Å²) in [5, 5.41) is 4.62. The minimum absolute atomic E-state index is 0.0272. The van der Waals surface area contributed by atoms with Gasteiger partial charge in [-0.1, -0.05) is 109 Å². The third-order valence-corrected chi connectivity index (χ3v) is 12.5. The van der Waals surface area contributed by atoms with E-state index in [2.05, 4.69) is 47.0 Å². The summed E-state index contributed by atoms with van der Waals surface area (Å²) in [5.41, 5.74) is 4.79. The van der Waals surface area contributed by atoms with Crippen LogP contribution in [0.2, 0.25) is 0 Å². The highest BCUT2D eigenvalue weighted by Crippen LogP contribution is 2.44. The molecule has 0 saturated carbocycles. The SMILES string of the molecule is O=C1NC(=O)/C(=C/c2ccc(C(=O)NC[C@@H]3C[C@@H](Sc4c(-c5ccccc5)cccc4-c4ccccc4)CN3C(=O)c3ccccc3C(=O)c3ccc(F)cc3F)cc2)S1. The number of nitrogens with zero attached hydrogens (tertiary/aromatic N) is 1. The summed E-state index contributed by atoms with van der Waals surface area (Å²) in [6.07, 6.45) is 2.06. The monoisotopic (exact) mass is 835 g/mol. The van der Waals surface area contributed by atoms with Gasteiger partial charge in [0.05, 0.1) is 22.1 Å². The fourth-order valence-electron chi connectivity index (χ4n) is 7.38. The highest BCUT2D eigenvalue weighted by molar-refractivity contribution is 8.18. The molecule has 0 unspecified atom stereocenters. The van der Waals surface area contributed by atoms with Crippen molar-refractivity contribution >= 4 is 58.3 Å². The molecule has 2 N–H and O–H groups in total. The third-order valence-electron chi connectivity index (χ3n) is 10.3. The van der Waals surface area contributed by atoms with E-state index in [4.69, 9.17) is 0 Å². The van der Waals surface area contributed by atoms with Crippen molar-refractivity contribution in [3.05, 3.63) is 190 Å². The van der Waals surface area contributed by atoms with Gasteiger partial charge in [0, 0.05) is 40.4 Å². The molecule has 0 aliphatic carbocycles. The molecule has 60 heavy (non-hydrogen) atoms. The van der Waals surface area contributed by atoms with Gasteiger partial charge >= 0.3 is 0 Å². The zero-order chi connectivity index (χ0) is 41.8. The molecule has 6 aromatic carbocycles. The van der Waals surface area contributed by atoms with E-state index in [-0.39, 0.29) is 45.8 Å². The number of carbonyl (C=O) groups excluding carboxylic acids is 5. The average Bonchev–Trinajstić information content (AvgIpc) is 3.83. The molecule has 4 amide bonds. The third kappa shape index (κ3) is 8.70. The normalized spacial score (nSPS) is 16.8. The van der Waals surface area contributed by atoms with Crippen LogP contribution in [0.1, 0.15) is 48.6 Å². The number of hydrogen-bond acceptors (Lipinski definition) is 7. The van der Waals surface area contributed by atoms with Gasteiger partial charge in [-0.2, -0.15) is 0 Å². The number of carbonyl (C=O) groups is 5. The molecule has 2 saturated heterocycles. The average molecular weight is 836 g/mol. The van der Waals surface area contributed by atoms with Gasteiger partial charge in [-0.3, -0.25) is 29.3 Å². The summed E-state index contributed by atoms with van der Waals surface area (Å²) in [5.74, 6) is -3.94. The van der Waals surface area contributed by atoms with Crippen LogP contribution in [0, 0.1) is 11.6 Å². The number of likely N-dealkylation sites (tertiary alicyclic amines) is 1.